The first-order valence-electron chi connectivity index (χ1n) is 19.4. The zero-order valence-corrected chi connectivity index (χ0v) is 33.4. The molecule has 292 valence electrons. The molecule has 4 unspecified atom stereocenters. The summed E-state index contributed by atoms with van der Waals surface area (Å²) in [6, 6.07) is 13.4. The number of rotatable bonds is 14. The molecule has 2 amide bonds. The predicted molar refractivity (Wildman–Crippen MR) is 216 cm³/mol. The molecule has 0 spiro atoms. The molecule has 1 aliphatic carbocycles. The molecule has 55 heavy (non-hydrogen) atoms. The molecule has 0 bridgehead atoms. The average molecular weight is 770 g/mol. The molecule has 2 aromatic carbocycles. The van der Waals surface area contributed by atoms with Crippen LogP contribution in [0.5, 0.6) is 5.88 Å². The number of aromatic nitrogens is 3. The van der Waals surface area contributed by atoms with Gasteiger partial charge in [0.05, 0.1) is 30.5 Å². The zero-order valence-electron chi connectivity index (χ0n) is 32.6. The number of aliphatic hydroxyl groups is 1. The smallest absolute Gasteiger partial charge is 0.330 e. The van der Waals surface area contributed by atoms with Crippen LogP contribution in [0.15, 0.2) is 58.3 Å². The molecular formula is C43H52ClN5O6. The fraction of sp³-hybridized carbons (Fsp3) is 0.465. The second kappa shape index (κ2) is 16.5. The number of nitrogens with one attached hydrogen (secondary N) is 2. The second-order valence-electron chi connectivity index (χ2n) is 15.3. The third kappa shape index (κ3) is 8.14. The number of hydrogen-bond donors (Lipinski definition) is 3. The van der Waals surface area contributed by atoms with Crippen molar-refractivity contribution < 1.29 is 19.4 Å². The van der Waals surface area contributed by atoms with Crippen molar-refractivity contribution in [2.45, 2.75) is 110 Å². The van der Waals surface area contributed by atoms with Crippen LogP contribution in [-0.2, 0) is 24.8 Å². The fourth-order valence-electron chi connectivity index (χ4n) is 8.49. The van der Waals surface area contributed by atoms with Crippen molar-refractivity contribution in [3.8, 4) is 28.3 Å². The molecule has 11 nitrogen and oxygen atoms in total. The van der Waals surface area contributed by atoms with Crippen molar-refractivity contribution in [2.75, 3.05) is 12.4 Å². The van der Waals surface area contributed by atoms with E-state index in [1.54, 1.807) is 19.2 Å². The van der Waals surface area contributed by atoms with Crippen LogP contribution < -0.4 is 26.6 Å². The van der Waals surface area contributed by atoms with Crippen LogP contribution in [0.3, 0.4) is 0 Å². The van der Waals surface area contributed by atoms with Gasteiger partial charge in [0.2, 0.25) is 11.8 Å². The van der Waals surface area contributed by atoms with Gasteiger partial charge in [-0.1, -0.05) is 62.2 Å². The van der Waals surface area contributed by atoms with E-state index in [0.29, 0.717) is 34.8 Å². The van der Waals surface area contributed by atoms with Crippen LogP contribution in [0, 0.1) is 12.8 Å². The molecular weight excluding hydrogens is 718 g/mol. The summed E-state index contributed by atoms with van der Waals surface area (Å²) in [4.78, 5) is 56.0. The molecule has 3 heterocycles. The topological polar surface area (TPSA) is 145 Å². The number of pyridine rings is 1. The molecule has 1 aliphatic heterocycles. The van der Waals surface area contributed by atoms with Gasteiger partial charge in [-0.2, -0.15) is 0 Å². The quantitative estimate of drug-likeness (QED) is 0.123. The predicted octanol–water partition coefficient (Wildman–Crippen LogP) is 7.16. The largest absolute Gasteiger partial charge is 0.481 e. The molecule has 12 heteroatoms. The summed E-state index contributed by atoms with van der Waals surface area (Å²) in [6.45, 7) is 7.76. The number of nitrogens with zero attached hydrogens (tertiary/aromatic N) is 3. The van der Waals surface area contributed by atoms with Gasteiger partial charge in [-0.3, -0.25) is 23.5 Å². The molecule has 4 atom stereocenters. The number of aryl methyl sites for hydroxylation is 1. The summed E-state index contributed by atoms with van der Waals surface area (Å²) in [7, 11) is 2.97. The van der Waals surface area contributed by atoms with Gasteiger partial charge in [0, 0.05) is 47.6 Å². The molecule has 0 radical (unpaired) electrons. The normalized spacial score (nSPS) is 18.8. The Hall–Kier alpha value is -4.74. The second-order valence-corrected chi connectivity index (χ2v) is 15.7. The highest BCUT2D eigenvalue weighted by Crippen LogP contribution is 2.46. The molecule has 2 aliphatic rings. The van der Waals surface area contributed by atoms with Crippen molar-refractivity contribution in [1.29, 1.82) is 0 Å². The Morgan fingerprint density at radius 3 is 2.53 bits per heavy atom. The summed E-state index contributed by atoms with van der Waals surface area (Å²) >= 11 is 7.21. The minimum Gasteiger partial charge on any atom is -0.481 e. The minimum atomic E-state index is -0.854. The van der Waals surface area contributed by atoms with Crippen LogP contribution in [0.4, 0.5) is 5.69 Å². The number of benzene rings is 2. The first-order chi connectivity index (χ1) is 26.3. The van der Waals surface area contributed by atoms with E-state index < -0.39 is 23.3 Å². The van der Waals surface area contributed by atoms with Crippen molar-refractivity contribution in [1.82, 2.24) is 19.4 Å². The highest BCUT2D eigenvalue weighted by atomic mass is 35.5. The lowest BCUT2D eigenvalue weighted by Crippen LogP contribution is -2.42. The van der Waals surface area contributed by atoms with Crippen LogP contribution in [0.2, 0.25) is 5.02 Å². The molecule has 1 saturated heterocycles. The molecule has 2 aromatic heterocycles. The fourth-order valence-corrected chi connectivity index (χ4v) is 8.82. The molecule has 0 saturated carbocycles. The van der Waals surface area contributed by atoms with Gasteiger partial charge in [-0.25, -0.2) is 9.78 Å². The Morgan fingerprint density at radius 2 is 1.85 bits per heavy atom. The van der Waals surface area contributed by atoms with Crippen LogP contribution in [0.1, 0.15) is 105 Å². The number of carbonyl (C=O) groups excluding carboxylic acids is 2. The number of methoxy groups -OCH3 is 1. The number of ether oxygens (including phenoxy) is 1. The Balaban J connectivity index is 1.25. The van der Waals surface area contributed by atoms with E-state index in [0.717, 1.165) is 88.4 Å². The van der Waals surface area contributed by atoms with E-state index >= 15 is 0 Å². The number of amides is 2. The van der Waals surface area contributed by atoms with E-state index in [-0.39, 0.29) is 23.6 Å². The maximum Gasteiger partial charge on any atom is 0.330 e. The third-order valence-electron chi connectivity index (χ3n) is 11.8. The summed E-state index contributed by atoms with van der Waals surface area (Å²) in [5.74, 6) is 1.01. The van der Waals surface area contributed by atoms with Crippen molar-refractivity contribution in [3.05, 3.63) is 96.8 Å². The lowest BCUT2D eigenvalue weighted by atomic mass is 9.81. The zero-order chi connectivity index (χ0) is 39.6. The van der Waals surface area contributed by atoms with E-state index in [4.69, 9.17) is 21.3 Å². The summed E-state index contributed by atoms with van der Waals surface area (Å²) < 4.78 is 7.98. The van der Waals surface area contributed by atoms with Gasteiger partial charge >= 0.3 is 5.69 Å². The molecule has 3 N–H and O–H groups in total. The van der Waals surface area contributed by atoms with Gasteiger partial charge in [0.25, 0.3) is 11.5 Å². The molecule has 6 rings (SSSR count). The molecule has 4 aromatic rings. The number of halogens is 1. The standard InChI is InChI=1S/C43H52ClN5O6/c1-7-27(17-19-43(8-2)20-18-36(51)47-43)21-28-15-16-29-22-35(46-40(55-6)37(28)29)32-13-9-12-31(38(32)44)30-11-10-14-34(26(30)4)45-39(52)33-24-49(23-25(3)50)42(54)48(5)41(33)53/h9-14,22,24-25,27-28,50H,7-8,15-21,23H2,1-6H3,(H,45,52)(H,47,51). The lowest BCUT2D eigenvalue weighted by Gasteiger charge is -2.30. The number of anilines is 1. The van der Waals surface area contributed by atoms with Crippen LogP contribution >= 0.6 is 11.6 Å². The highest BCUT2D eigenvalue weighted by molar-refractivity contribution is 6.36. The van der Waals surface area contributed by atoms with Gasteiger partial charge in [0.1, 0.15) is 5.56 Å². The number of aliphatic hydroxyl groups excluding tert-OH is 1. The number of hydrogen-bond acceptors (Lipinski definition) is 7. The Kier molecular flexibility index (Phi) is 12.0. The van der Waals surface area contributed by atoms with Gasteiger partial charge in [-0.05, 0) is 99.5 Å². The number of carbonyl (C=O) groups is 2. The third-order valence-corrected chi connectivity index (χ3v) is 12.2. The molecule has 1 fully saturated rings. The lowest BCUT2D eigenvalue weighted by molar-refractivity contribution is -0.119. The van der Waals surface area contributed by atoms with E-state index in [1.165, 1.54) is 31.3 Å². The van der Waals surface area contributed by atoms with Gasteiger partial charge in [-0.15, -0.1) is 0 Å². The minimum absolute atomic E-state index is 0.0655. The summed E-state index contributed by atoms with van der Waals surface area (Å²) in [5.41, 5.74) is 5.01. The van der Waals surface area contributed by atoms with Gasteiger partial charge < -0.3 is 20.5 Å². The average Bonchev–Trinajstić information content (AvgIpc) is 3.76. The van der Waals surface area contributed by atoms with Crippen LogP contribution in [0.25, 0.3) is 22.4 Å². The Labute approximate surface area is 327 Å². The SMILES string of the molecule is CCC(CCC1(CC)CCC(=O)N1)CC1CCc2cc(-c3cccc(-c4cccc(NC(=O)c5cn(CC(C)O)c(=O)n(C)c5=O)c4C)c3Cl)nc(OC)c21. The first-order valence-corrected chi connectivity index (χ1v) is 19.7. The van der Waals surface area contributed by atoms with Crippen LogP contribution in [-0.4, -0.2) is 49.8 Å². The van der Waals surface area contributed by atoms with Crippen molar-refractivity contribution in [3.63, 3.8) is 0 Å². The van der Waals surface area contributed by atoms with E-state index in [1.807, 2.05) is 31.2 Å². The van der Waals surface area contributed by atoms with Crippen molar-refractivity contribution >= 4 is 29.1 Å². The first kappa shape index (κ1) is 39.9. The maximum absolute atomic E-state index is 13.5. The van der Waals surface area contributed by atoms with E-state index in [2.05, 4.69) is 30.5 Å². The Bertz CT molecular complexity index is 2230. The van der Waals surface area contributed by atoms with Gasteiger partial charge in [0.15, 0.2) is 0 Å². The monoisotopic (exact) mass is 769 g/mol. The maximum atomic E-state index is 13.5. The number of fused-ring (bicyclic) bond motifs is 1. The van der Waals surface area contributed by atoms with Crippen molar-refractivity contribution in [2.24, 2.45) is 13.0 Å². The summed E-state index contributed by atoms with van der Waals surface area (Å²) in [5, 5.41) is 16.5. The Morgan fingerprint density at radius 1 is 1.13 bits per heavy atom. The summed E-state index contributed by atoms with van der Waals surface area (Å²) in [6.07, 6.45) is 9.01. The van der Waals surface area contributed by atoms with E-state index in [9.17, 15) is 24.3 Å². The highest BCUT2D eigenvalue weighted by Gasteiger charge is 2.37.